The zero-order valence-electron chi connectivity index (χ0n) is 8.98. The van der Waals surface area contributed by atoms with Gasteiger partial charge in [-0.05, 0) is 34.7 Å². The molecule has 0 aromatic heterocycles. The van der Waals surface area contributed by atoms with Crippen LogP contribution in [-0.2, 0) is 4.79 Å². The summed E-state index contributed by atoms with van der Waals surface area (Å²) in [6, 6.07) is 7.56. The molecule has 1 saturated heterocycles. The van der Waals surface area contributed by atoms with Crippen molar-refractivity contribution in [2.75, 3.05) is 24.2 Å². The summed E-state index contributed by atoms with van der Waals surface area (Å²) in [5, 5.41) is 2.80. The smallest absolute Gasteiger partial charge is 0.282 e. The summed E-state index contributed by atoms with van der Waals surface area (Å²) in [5.74, 6) is 0.625. The van der Waals surface area contributed by atoms with Gasteiger partial charge >= 0.3 is 0 Å². The van der Waals surface area contributed by atoms with Crippen molar-refractivity contribution in [1.82, 2.24) is 4.90 Å². The minimum Gasteiger partial charge on any atom is -0.324 e. The van der Waals surface area contributed by atoms with Crippen LogP contribution in [0.4, 0.5) is 10.5 Å². The number of anilines is 1. The molecule has 0 bridgehead atoms. The maximum Gasteiger partial charge on any atom is 0.282 e. The zero-order chi connectivity index (χ0) is 12.3. The van der Waals surface area contributed by atoms with Crippen molar-refractivity contribution in [3.63, 3.8) is 0 Å². The Morgan fingerprint density at radius 2 is 2.24 bits per heavy atom. The highest BCUT2D eigenvalue weighted by Crippen LogP contribution is 2.19. The Morgan fingerprint density at radius 1 is 1.47 bits per heavy atom. The minimum absolute atomic E-state index is 0.0112. The first kappa shape index (κ1) is 12.7. The molecule has 2 rings (SSSR count). The lowest BCUT2D eigenvalue weighted by molar-refractivity contribution is -0.116. The second kappa shape index (κ2) is 5.72. The first-order valence-corrected chi connectivity index (χ1v) is 7.19. The summed E-state index contributed by atoms with van der Waals surface area (Å²) >= 11 is 3.43. The molecule has 0 spiro atoms. The van der Waals surface area contributed by atoms with Gasteiger partial charge in [0.1, 0.15) is 6.54 Å². The van der Waals surface area contributed by atoms with Gasteiger partial charge < -0.3 is 10.2 Å². The van der Waals surface area contributed by atoms with E-state index in [9.17, 15) is 9.59 Å². The molecular weight excluding hydrogens is 351 g/mol. The number of hydrogen-bond acceptors (Lipinski definition) is 3. The summed E-state index contributed by atoms with van der Waals surface area (Å²) < 4.78 is 0.987. The number of nitrogens with one attached hydrogen (secondary N) is 1. The normalized spacial score (nSPS) is 15.1. The zero-order valence-corrected chi connectivity index (χ0v) is 12.0. The summed E-state index contributed by atoms with van der Waals surface area (Å²) in [6.07, 6.45) is 0. The van der Waals surface area contributed by atoms with Crippen LogP contribution in [0.15, 0.2) is 24.3 Å². The quantitative estimate of drug-likeness (QED) is 0.841. The molecule has 0 unspecified atom stereocenters. The molecule has 2 amide bonds. The van der Waals surface area contributed by atoms with E-state index in [1.165, 1.54) is 11.8 Å². The molecule has 1 N–H and O–H groups in total. The van der Waals surface area contributed by atoms with Crippen molar-refractivity contribution in [3.05, 3.63) is 27.8 Å². The highest BCUT2D eigenvalue weighted by molar-refractivity contribution is 14.1. The van der Waals surface area contributed by atoms with Gasteiger partial charge in [0.15, 0.2) is 0 Å². The Balaban J connectivity index is 1.93. The fourth-order valence-corrected chi connectivity index (χ4v) is 2.84. The molecule has 1 aromatic rings. The number of rotatable bonds is 3. The third-order valence-corrected chi connectivity index (χ3v) is 4.16. The first-order chi connectivity index (χ1) is 8.16. The molecule has 0 aliphatic carbocycles. The van der Waals surface area contributed by atoms with Crippen molar-refractivity contribution in [2.45, 2.75) is 0 Å². The number of benzene rings is 1. The SMILES string of the molecule is O=C(CN1CCSC1=O)Nc1ccccc1I. The third kappa shape index (κ3) is 3.35. The maximum atomic E-state index is 11.7. The Kier molecular flexibility index (Phi) is 4.27. The molecule has 6 heteroatoms. The van der Waals surface area contributed by atoms with Crippen LogP contribution in [0, 0.1) is 3.57 Å². The van der Waals surface area contributed by atoms with E-state index in [2.05, 4.69) is 27.9 Å². The van der Waals surface area contributed by atoms with Crippen molar-refractivity contribution in [2.24, 2.45) is 0 Å². The Hall–Kier alpha value is -0.760. The predicted molar refractivity (Wildman–Crippen MR) is 77.2 cm³/mol. The third-order valence-electron chi connectivity index (χ3n) is 2.33. The minimum atomic E-state index is -0.148. The van der Waals surface area contributed by atoms with E-state index in [-0.39, 0.29) is 17.7 Å². The fraction of sp³-hybridized carbons (Fsp3) is 0.273. The Labute approximate surface area is 117 Å². The number of carbonyl (C=O) groups excluding carboxylic acids is 2. The van der Waals surface area contributed by atoms with E-state index < -0.39 is 0 Å². The van der Waals surface area contributed by atoms with Gasteiger partial charge in [0.25, 0.3) is 5.24 Å². The van der Waals surface area contributed by atoms with Crippen LogP contribution in [0.25, 0.3) is 0 Å². The fourth-order valence-electron chi connectivity index (χ4n) is 1.49. The highest BCUT2D eigenvalue weighted by Gasteiger charge is 2.23. The van der Waals surface area contributed by atoms with Gasteiger partial charge in [-0.3, -0.25) is 9.59 Å². The van der Waals surface area contributed by atoms with E-state index in [0.717, 1.165) is 15.0 Å². The highest BCUT2D eigenvalue weighted by atomic mass is 127. The van der Waals surface area contributed by atoms with Gasteiger partial charge in [0, 0.05) is 15.9 Å². The number of hydrogen-bond donors (Lipinski definition) is 1. The van der Waals surface area contributed by atoms with Gasteiger partial charge in [-0.2, -0.15) is 0 Å². The number of halogens is 1. The summed E-state index contributed by atoms with van der Waals surface area (Å²) in [6.45, 7) is 0.791. The number of para-hydroxylation sites is 1. The van der Waals surface area contributed by atoms with E-state index >= 15 is 0 Å². The summed E-state index contributed by atoms with van der Waals surface area (Å²) in [5.41, 5.74) is 0.789. The lowest BCUT2D eigenvalue weighted by Gasteiger charge is -2.14. The number of thioether (sulfide) groups is 1. The predicted octanol–water partition coefficient (Wildman–Crippen LogP) is 2.40. The molecule has 17 heavy (non-hydrogen) atoms. The number of nitrogens with zero attached hydrogens (tertiary/aromatic N) is 1. The largest absolute Gasteiger partial charge is 0.324 e. The summed E-state index contributed by atoms with van der Waals surface area (Å²) in [7, 11) is 0. The van der Waals surface area contributed by atoms with Gasteiger partial charge in [-0.15, -0.1) is 0 Å². The van der Waals surface area contributed by atoms with Crippen molar-refractivity contribution in [1.29, 1.82) is 0 Å². The number of amides is 2. The lowest BCUT2D eigenvalue weighted by Crippen LogP contribution is -2.33. The Bertz CT molecular complexity index is 453. The van der Waals surface area contributed by atoms with Crippen molar-refractivity contribution >= 4 is 51.2 Å². The second-order valence-electron chi connectivity index (χ2n) is 3.56. The van der Waals surface area contributed by atoms with Crippen molar-refractivity contribution in [3.8, 4) is 0 Å². The molecule has 1 fully saturated rings. The van der Waals surface area contributed by atoms with Gasteiger partial charge in [-0.25, -0.2) is 0 Å². The molecule has 0 saturated carbocycles. The number of carbonyl (C=O) groups is 2. The topological polar surface area (TPSA) is 49.4 Å². The average molecular weight is 362 g/mol. The van der Waals surface area contributed by atoms with E-state index in [4.69, 9.17) is 0 Å². The molecule has 1 aromatic carbocycles. The van der Waals surface area contributed by atoms with E-state index in [1.807, 2.05) is 24.3 Å². The van der Waals surface area contributed by atoms with Crippen LogP contribution in [0.3, 0.4) is 0 Å². The van der Waals surface area contributed by atoms with Crippen molar-refractivity contribution < 1.29 is 9.59 Å². The first-order valence-electron chi connectivity index (χ1n) is 5.13. The molecule has 4 nitrogen and oxygen atoms in total. The lowest BCUT2D eigenvalue weighted by atomic mass is 10.3. The van der Waals surface area contributed by atoms with Crippen LogP contribution >= 0.6 is 34.4 Å². The molecule has 0 atom stereocenters. The van der Waals surface area contributed by atoms with E-state index in [0.29, 0.717) is 6.54 Å². The van der Waals surface area contributed by atoms with Crippen LogP contribution in [0.2, 0.25) is 0 Å². The van der Waals surface area contributed by atoms with Gasteiger partial charge in [0.05, 0.1) is 5.69 Å². The van der Waals surface area contributed by atoms with Crippen LogP contribution in [0.1, 0.15) is 0 Å². The Morgan fingerprint density at radius 3 is 2.88 bits per heavy atom. The average Bonchev–Trinajstić information content (AvgIpc) is 2.68. The summed E-state index contributed by atoms with van der Waals surface area (Å²) in [4.78, 5) is 24.7. The van der Waals surface area contributed by atoms with Gasteiger partial charge in [0.2, 0.25) is 5.91 Å². The van der Waals surface area contributed by atoms with E-state index in [1.54, 1.807) is 4.90 Å². The monoisotopic (exact) mass is 362 g/mol. The molecule has 1 aliphatic rings. The molecule has 1 heterocycles. The molecule has 1 aliphatic heterocycles. The molecule has 90 valence electrons. The van der Waals surface area contributed by atoms with Crippen LogP contribution in [0.5, 0.6) is 0 Å². The van der Waals surface area contributed by atoms with Gasteiger partial charge in [-0.1, -0.05) is 23.9 Å². The standard InChI is InChI=1S/C11H11IN2O2S/c12-8-3-1-2-4-9(8)13-10(15)7-14-5-6-17-11(14)16/h1-4H,5-7H2,(H,13,15). The van der Waals surface area contributed by atoms with Crippen LogP contribution in [-0.4, -0.2) is 34.9 Å². The molecule has 0 radical (unpaired) electrons. The van der Waals surface area contributed by atoms with Crippen LogP contribution < -0.4 is 5.32 Å². The maximum absolute atomic E-state index is 11.7. The second-order valence-corrected chi connectivity index (χ2v) is 5.77. The molecular formula is C11H11IN2O2S.